The number of carbonyl (C=O) groups is 1. The van der Waals surface area contributed by atoms with E-state index in [0.29, 0.717) is 12.2 Å². The monoisotopic (exact) mass is 236 g/mol. The Labute approximate surface area is 105 Å². The highest BCUT2D eigenvalue weighted by molar-refractivity contribution is 5.88. The van der Waals surface area contributed by atoms with Crippen LogP contribution in [0.2, 0.25) is 0 Å². The standard InChI is InChI=1S/C15H24O2/c1-6-17-15(16)14(5)11-10-13(4)9-7-8-12(2)3/h8,10-11H,6-7,9H2,1-5H3/b13-10-,14-11+. The second-order valence-electron chi connectivity index (χ2n) is 4.40. The van der Waals surface area contributed by atoms with Crippen LogP contribution in [0, 0.1) is 0 Å². The van der Waals surface area contributed by atoms with Crippen molar-refractivity contribution in [3.63, 3.8) is 0 Å². The van der Waals surface area contributed by atoms with Crippen LogP contribution >= 0.6 is 0 Å². The number of ether oxygens (including phenoxy) is 1. The van der Waals surface area contributed by atoms with Gasteiger partial charge in [0, 0.05) is 5.57 Å². The molecular weight excluding hydrogens is 212 g/mol. The van der Waals surface area contributed by atoms with Crippen molar-refractivity contribution in [2.24, 2.45) is 0 Å². The van der Waals surface area contributed by atoms with Crippen molar-refractivity contribution in [1.82, 2.24) is 0 Å². The van der Waals surface area contributed by atoms with Crippen LogP contribution in [0.15, 0.2) is 34.9 Å². The lowest BCUT2D eigenvalue weighted by Crippen LogP contribution is -2.04. The van der Waals surface area contributed by atoms with Crippen LogP contribution < -0.4 is 0 Å². The molecule has 0 amide bonds. The average molecular weight is 236 g/mol. The molecule has 0 saturated carbocycles. The van der Waals surface area contributed by atoms with Crippen LogP contribution in [0.1, 0.15) is 47.5 Å². The van der Waals surface area contributed by atoms with Gasteiger partial charge in [0.25, 0.3) is 0 Å². The van der Waals surface area contributed by atoms with Gasteiger partial charge in [0.2, 0.25) is 0 Å². The molecule has 0 fully saturated rings. The number of hydrogen-bond acceptors (Lipinski definition) is 2. The van der Waals surface area contributed by atoms with E-state index in [-0.39, 0.29) is 5.97 Å². The molecule has 96 valence electrons. The molecule has 0 atom stereocenters. The maximum absolute atomic E-state index is 11.3. The molecule has 0 aromatic heterocycles. The predicted octanol–water partition coefficient (Wildman–Crippen LogP) is 4.19. The first kappa shape index (κ1) is 15.7. The van der Waals surface area contributed by atoms with E-state index in [1.165, 1.54) is 11.1 Å². The summed E-state index contributed by atoms with van der Waals surface area (Å²) >= 11 is 0. The van der Waals surface area contributed by atoms with E-state index in [4.69, 9.17) is 4.74 Å². The third-order valence-corrected chi connectivity index (χ3v) is 2.31. The molecule has 0 aliphatic rings. The molecular formula is C15H24O2. The topological polar surface area (TPSA) is 26.3 Å². The summed E-state index contributed by atoms with van der Waals surface area (Å²) in [5, 5.41) is 0. The average Bonchev–Trinajstić information content (AvgIpc) is 2.25. The lowest BCUT2D eigenvalue weighted by atomic mass is 10.1. The maximum atomic E-state index is 11.3. The van der Waals surface area contributed by atoms with E-state index in [2.05, 4.69) is 26.8 Å². The Morgan fingerprint density at radius 1 is 1.12 bits per heavy atom. The summed E-state index contributed by atoms with van der Waals surface area (Å²) in [4.78, 5) is 11.3. The van der Waals surface area contributed by atoms with Crippen molar-refractivity contribution < 1.29 is 9.53 Å². The number of allylic oxidation sites excluding steroid dienone is 5. The van der Waals surface area contributed by atoms with E-state index in [0.717, 1.165) is 12.8 Å². The highest BCUT2D eigenvalue weighted by Crippen LogP contribution is 2.08. The van der Waals surface area contributed by atoms with E-state index in [1.807, 2.05) is 19.1 Å². The Morgan fingerprint density at radius 3 is 2.29 bits per heavy atom. The molecule has 0 aliphatic carbocycles. The summed E-state index contributed by atoms with van der Waals surface area (Å²) in [6.07, 6.45) is 8.12. The van der Waals surface area contributed by atoms with Crippen LogP contribution in [0.25, 0.3) is 0 Å². The Morgan fingerprint density at radius 2 is 1.76 bits per heavy atom. The zero-order valence-corrected chi connectivity index (χ0v) is 11.7. The lowest BCUT2D eigenvalue weighted by molar-refractivity contribution is -0.138. The first-order valence-corrected chi connectivity index (χ1v) is 6.12. The first-order chi connectivity index (χ1) is 7.97. The fourth-order valence-electron chi connectivity index (χ4n) is 1.25. The minimum atomic E-state index is -0.235. The van der Waals surface area contributed by atoms with Crippen LogP contribution in [-0.4, -0.2) is 12.6 Å². The van der Waals surface area contributed by atoms with Crippen molar-refractivity contribution in [2.75, 3.05) is 6.61 Å². The molecule has 2 heteroatoms. The Kier molecular flexibility index (Phi) is 8.12. The molecule has 0 aliphatic heterocycles. The summed E-state index contributed by atoms with van der Waals surface area (Å²) in [5.41, 5.74) is 3.26. The molecule has 17 heavy (non-hydrogen) atoms. The van der Waals surface area contributed by atoms with Crippen molar-refractivity contribution in [1.29, 1.82) is 0 Å². The number of rotatable bonds is 6. The van der Waals surface area contributed by atoms with Gasteiger partial charge in [-0.3, -0.25) is 0 Å². The van der Waals surface area contributed by atoms with Crippen LogP contribution in [-0.2, 0) is 9.53 Å². The predicted molar refractivity (Wildman–Crippen MR) is 72.8 cm³/mol. The van der Waals surface area contributed by atoms with Crippen LogP contribution in [0.5, 0.6) is 0 Å². The lowest BCUT2D eigenvalue weighted by Gasteiger charge is -2.00. The fourth-order valence-corrected chi connectivity index (χ4v) is 1.25. The summed E-state index contributed by atoms with van der Waals surface area (Å²) < 4.78 is 4.90. The summed E-state index contributed by atoms with van der Waals surface area (Å²) in [6.45, 7) is 10.3. The van der Waals surface area contributed by atoms with Crippen LogP contribution in [0.3, 0.4) is 0 Å². The Hall–Kier alpha value is -1.31. The maximum Gasteiger partial charge on any atom is 0.333 e. The minimum Gasteiger partial charge on any atom is -0.463 e. The molecule has 0 unspecified atom stereocenters. The van der Waals surface area contributed by atoms with Gasteiger partial charge in [0.15, 0.2) is 0 Å². The summed E-state index contributed by atoms with van der Waals surface area (Å²) in [6, 6.07) is 0. The number of esters is 1. The number of carbonyl (C=O) groups excluding carboxylic acids is 1. The normalized spacial score (nSPS) is 12.3. The van der Waals surface area contributed by atoms with Gasteiger partial charge in [-0.05, 0) is 47.5 Å². The van der Waals surface area contributed by atoms with Gasteiger partial charge in [-0.25, -0.2) is 4.79 Å². The molecule has 0 heterocycles. The molecule has 2 nitrogen and oxygen atoms in total. The van der Waals surface area contributed by atoms with Crippen molar-refractivity contribution in [3.8, 4) is 0 Å². The summed E-state index contributed by atoms with van der Waals surface area (Å²) in [7, 11) is 0. The van der Waals surface area contributed by atoms with E-state index in [1.54, 1.807) is 6.92 Å². The van der Waals surface area contributed by atoms with E-state index < -0.39 is 0 Å². The van der Waals surface area contributed by atoms with Crippen molar-refractivity contribution >= 4 is 5.97 Å². The van der Waals surface area contributed by atoms with Gasteiger partial charge in [0.05, 0.1) is 6.61 Å². The molecule has 0 N–H and O–H groups in total. The molecule has 0 aromatic carbocycles. The van der Waals surface area contributed by atoms with Gasteiger partial charge in [-0.2, -0.15) is 0 Å². The molecule has 0 bridgehead atoms. The SMILES string of the molecule is CCOC(=O)/C(C)=C/C=C(/C)CCC=C(C)C. The fraction of sp³-hybridized carbons (Fsp3) is 0.533. The largest absolute Gasteiger partial charge is 0.463 e. The quantitative estimate of drug-likeness (QED) is 0.299. The molecule has 0 radical (unpaired) electrons. The van der Waals surface area contributed by atoms with Gasteiger partial charge in [0.1, 0.15) is 0 Å². The second-order valence-corrected chi connectivity index (χ2v) is 4.40. The van der Waals surface area contributed by atoms with E-state index >= 15 is 0 Å². The van der Waals surface area contributed by atoms with Gasteiger partial charge in [-0.1, -0.05) is 29.4 Å². The van der Waals surface area contributed by atoms with Crippen LogP contribution in [0.4, 0.5) is 0 Å². The van der Waals surface area contributed by atoms with Gasteiger partial charge >= 0.3 is 5.97 Å². The smallest absolute Gasteiger partial charge is 0.333 e. The highest BCUT2D eigenvalue weighted by atomic mass is 16.5. The van der Waals surface area contributed by atoms with Gasteiger partial charge in [-0.15, -0.1) is 0 Å². The third-order valence-electron chi connectivity index (χ3n) is 2.31. The highest BCUT2D eigenvalue weighted by Gasteiger charge is 2.02. The van der Waals surface area contributed by atoms with Crippen molar-refractivity contribution in [3.05, 3.63) is 34.9 Å². The number of hydrogen-bond donors (Lipinski definition) is 0. The van der Waals surface area contributed by atoms with Crippen molar-refractivity contribution in [2.45, 2.75) is 47.5 Å². The Bertz CT molecular complexity index is 329. The van der Waals surface area contributed by atoms with E-state index in [9.17, 15) is 4.79 Å². The molecule has 0 aromatic rings. The minimum absolute atomic E-state index is 0.235. The third kappa shape index (κ3) is 8.49. The molecule has 0 spiro atoms. The Balaban J connectivity index is 4.25. The zero-order chi connectivity index (χ0) is 13.3. The summed E-state index contributed by atoms with van der Waals surface area (Å²) in [5.74, 6) is -0.235. The molecule has 0 saturated heterocycles. The molecule has 0 rings (SSSR count). The first-order valence-electron chi connectivity index (χ1n) is 6.12. The zero-order valence-electron chi connectivity index (χ0n) is 11.7. The van der Waals surface area contributed by atoms with Gasteiger partial charge < -0.3 is 4.74 Å². The second kappa shape index (κ2) is 8.80.